The average Bonchev–Trinajstić information content (AvgIpc) is 3.13. The van der Waals surface area contributed by atoms with E-state index in [1.807, 2.05) is 49.5 Å². The number of ether oxygens (including phenoxy) is 2. The Morgan fingerprint density at radius 1 is 1.17 bits per heavy atom. The molecule has 0 atom stereocenters. The van der Waals surface area contributed by atoms with Crippen molar-refractivity contribution in [2.45, 2.75) is 6.54 Å². The summed E-state index contributed by atoms with van der Waals surface area (Å²) in [7, 11) is 1.84. The van der Waals surface area contributed by atoms with Crippen LogP contribution in [0.2, 0.25) is 0 Å². The Morgan fingerprint density at radius 3 is 2.91 bits per heavy atom. The molecule has 0 fully saturated rings. The fourth-order valence-corrected chi connectivity index (χ4v) is 2.82. The van der Waals surface area contributed by atoms with Crippen LogP contribution in [0.4, 0.5) is 0 Å². The van der Waals surface area contributed by atoms with Crippen molar-refractivity contribution in [3.8, 4) is 17.4 Å². The largest absolute Gasteiger partial charge is 0.494 e. The Balaban J connectivity index is 1.61. The normalized spacial score (nSPS) is 13.3. The Morgan fingerprint density at radius 2 is 2.00 bits per heavy atom. The second kappa shape index (κ2) is 5.35. The van der Waals surface area contributed by atoms with Crippen molar-refractivity contribution in [3.63, 3.8) is 0 Å². The molecule has 116 valence electrons. The quantitative estimate of drug-likeness (QED) is 0.756. The van der Waals surface area contributed by atoms with Crippen molar-refractivity contribution in [2.24, 2.45) is 12.0 Å². The summed E-state index contributed by atoms with van der Waals surface area (Å²) in [5.41, 5.74) is 2.75. The second-order valence-corrected chi connectivity index (χ2v) is 5.47. The Bertz CT molecular complexity index is 912. The van der Waals surface area contributed by atoms with E-state index in [0.29, 0.717) is 6.54 Å². The highest BCUT2D eigenvalue weighted by atomic mass is 16.7. The smallest absolute Gasteiger partial charge is 0.231 e. The van der Waals surface area contributed by atoms with Crippen LogP contribution in [-0.4, -0.2) is 22.7 Å². The summed E-state index contributed by atoms with van der Waals surface area (Å²) < 4.78 is 12.4. The lowest BCUT2D eigenvalue weighted by Crippen LogP contribution is -1.92. The maximum absolute atomic E-state index is 10.3. The van der Waals surface area contributed by atoms with Crippen molar-refractivity contribution >= 4 is 17.1 Å². The fraction of sp³-hybridized carbons (Fsp3) is 0.167. The number of hydrogen-bond donors (Lipinski definition) is 1. The SMILES string of the molecule is Cn1c(O)c(C=NCc2ccc3c(c2)OCO3)c2ccccc21. The summed E-state index contributed by atoms with van der Waals surface area (Å²) in [5.74, 6) is 1.75. The first-order valence-electron chi connectivity index (χ1n) is 7.39. The summed E-state index contributed by atoms with van der Waals surface area (Å²) in [5, 5.41) is 11.3. The van der Waals surface area contributed by atoms with Gasteiger partial charge in [-0.05, 0) is 23.8 Å². The average molecular weight is 308 g/mol. The summed E-state index contributed by atoms with van der Waals surface area (Å²) in [6.07, 6.45) is 1.72. The fourth-order valence-electron chi connectivity index (χ4n) is 2.82. The third-order valence-electron chi connectivity index (χ3n) is 4.05. The molecule has 0 unspecified atom stereocenters. The van der Waals surface area contributed by atoms with Crippen LogP contribution in [0.1, 0.15) is 11.1 Å². The first-order valence-corrected chi connectivity index (χ1v) is 7.39. The summed E-state index contributed by atoms with van der Waals surface area (Å²) in [6.45, 7) is 0.783. The molecule has 0 spiro atoms. The van der Waals surface area contributed by atoms with E-state index in [1.54, 1.807) is 10.8 Å². The van der Waals surface area contributed by atoms with Gasteiger partial charge in [0.25, 0.3) is 0 Å². The van der Waals surface area contributed by atoms with Crippen LogP contribution in [0.25, 0.3) is 10.9 Å². The summed E-state index contributed by atoms with van der Waals surface area (Å²) in [4.78, 5) is 4.47. The van der Waals surface area contributed by atoms with E-state index in [4.69, 9.17) is 9.47 Å². The van der Waals surface area contributed by atoms with Crippen molar-refractivity contribution < 1.29 is 14.6 Å². The molecule has 2 aromatic carbocycles. The highest BCUT2D eigenvalue weighted by molar-refractivity contribution is 6.02. The number of nitrogens with zero attached hydrogens (tertiary/aromatic N) is 2. The molecule has 1 aromatic heterocycles. The van der Waals surface area contributed by atoms with E-state index >= 15 is 0 Å². The van der Waals surface area contributed by atoms with Gasteiger partial charge in [-0.3, -0.25) is 4.99 Å². The van der Waals surface area contributed by atoms with Crippen LogP contribution in [0, 0.1) is 0 Å². The van der Waals surface area contributed by atoms with Crippen LogP contribution in [0.3, 0.4) is 0 Å². The highest BCUT2D eigenvalue weighted by Gasteiger charge is 2.13. The number of para-hydroxylation sites is 1. The lowest BCUT2D eigenvalue weighted by Gasteiger charge is -1.99. The molecule has 0 saturated heterocycles. The molecule has 0 saturated carbocycles. The molecule has 3 aromatic rings. The van der Waals surface area contributed by atoms with E-state index in [-0.39, 0.29) is 12.7 Å². The van der Waals surface area contributed by atoms with Gasteiger partial charge in [-0.15, -0.1) is 0 Å². The van der Waals surface area contributed by atoms with E-state index in [1.165, 1.54) is 0 Å². The number of aliphatic imine (C=N–C) groups is 1. The summed E-state index contributed by atoms with van der Waals surface area (Å²) in [6, 6.07) is 13.7. The van der Waals surface area contributed by atoms with Gasteiger partial charge in [-0.2, -0.15) is 0 Å². The maximum Gasteiger partial charge on any atom is 0.231 e. The molecule has 5 heteroatoms. The maximum atomic E-state index is 10.3. The molecular weight excluding hydrogens is 292 g/mol. The number of benzene rings is 2. The highest BCUT2D eigenvalue weighted by Crippen LogP contribution is 2.33. The van der Waals surface area contributed by atoms with Gasteiger partial charge in [0.2, 0.25) is 12.7 Å². The number of aryl methyl sites for hydroxylation is 1. The molecule has 0 aliphatic carbocycles. The van der Waals surface area contributed by atoms with Gasteiger partial charge in [0.1, 0.15) is 0 Å². The molecule has 5 nitrogen and oxygen atoms in total. The van der Waals surface area contributed by atoms with Crippen LogP contribution in [0.5, 0.6) is 17.4 Å². The molecule has 1 N–H and O–H groups in total. The number of aromatic nitrogens is 1. The topological polar surface area (TPSA) is 56.0 Å². The molecule has 4 rings (SSSR count). The molecule has 23 heavy (non-hydrogen) atoms. The third kappa shape index (κ3) is 2.30. The van der Waals surface area contributed by atoms with Crippen LogP contribution >= 0.6 is 0 Å². The van der Waals surface area contributed by atoms with E-state index < -0.39 is 0 Å². The van der Waals surface area contributed by atoms with Gasteiger partial charge in [0.05, 0.1) is 17.6 Å². The van der Waals surface area contributed by atoms with Crippen LogP contribution in [-0.2, 0) is 13.6 Å². The predicted octanol–water partition coefficient (Wildman–Crippen LogP) is 3.23. The van der Waals surface area contributed by atoms with Gasteiger partial charge in [-0.1, -0.05) is 24.3 Å². The van der Waals surface area contributed by atoms with Crippen LogP contribution < -0.4 is 9.47 Å². The Hall–Kier alpha value is -2.95. The zero-order chi connectivity index (χ0) is 15.8. The van der Waals surface area contributed by atoms with Crippen molar-refractivity contribution in [2.75, 3.05) is 6.79 Å². The van der Waals surface area contributed by atoms with Gasteiger partial charge < -0.3 is 19.1 Å². The Kier molecular flexibility index (Phi) is 3.19. The minimum atomic E-state index is 0.223. The minimum absolute atomic E-state index is 0.223. The van der Waals surface area contributed by atoms with Crippen LogP contribution in [0.15, 0.2) is 47.5 Å². The third-order valence-corrected chi connectivity index (χ3v) is 4.05. The van der Waals surface area contributed by atoms with E-state index in [9.17, 15) is 5.11 Å². The lowest BCUT2D eigenvalue weighted by molar-refractivity contribution is 0.174. The molecule has 1 aliphatic rings. The van der Waals surface area contributed by atoms with Gasteiger partial charge in [0.15, 0.2) is 11.5 Å². The van der Waals surface area contributed by atoms with Gasteiger partial charge in [-0.25, -0.2) is 0 Å². The molecule has 1 aliphatic heterocycles. The minimum Gasteiger partial charge on any atom is -0.494 e. The first kappa shape index (κ1) is 13.7. The number of hydrogen-bond acceptors (Lipinski definition) is 4. The number of fused-ring (bicyclic) bond motifs is 2. The summed E-state index contributed by atoms with van der Waals surface area (Å²) >= 11 is 0. The number of rotatable bonds is 3. The monoisotopic (exact) mass is 308 g/mol. The van der Waals surface area contributed by atoms with Crippen molar-refractivity contribution in [1.82, 2.24) is 4.57 Å². The molecule has 0 radical (unpaired) electrons. The zero-order valence-corrected chi connectivity index (χ0v) is 12.7. The molecule has 0 bridgehead atoms. The Labute approximate surface area is 133 Å². The van der Waals surface area contributed by atoms with Crippen molar-refractivity contribution in [1.29, 1.82) is 0 Å². The molecule has 0 amide bonds. The lowest BCUT2D eigenvalue weighted by atomic mass is 10.2. The van der Waals surface area contributed by atoms with E-state index in [0.717, 1.165) is 33.5 Å². The second-order valence-electron chi connectivity index (χ2n) is 5.47. The molecular formula is C18H16N2O3. The molecule has 2 heterocycles. The zero-order valence-electron chi connectivity index (χ0n) is 12.7. The van der Waals surface area contributed by atoms with Crippen molar-refractivity contribution in [3.05, 3.63) is 53.6 Å². The van der Waals surface area contributed by atoms with Gasteiger partial charge in [0, 0.05) is 18.6 Å². The number of aromatic hydroxyl groups is 1. The first-order chi connectivity index (χ1) is 11.2. The standard InChI is InChI=1S/C18H16N2O3/c1-20-15-5-3-2-4-13(15)14(18(20)21)10-19-9-12-6-7-16-17(8-12)23-11-22-16/h2-8,10,21H,9,11H2,1H3. The van der Waals surface area contributed by atoms with Gasteiger partial charge >= 0.3 is 0 Å². The van der Waals surface area contributed by atoms with E-state index in [2.05, 4.69) is 4.99 Å². The predicted molar refractivity (Wildman–Crippen MR) is 88.4 cm³/mol.